The van der Waals surface area contributed by atoms with Crippen molar-refractivity contribution in [2.24, 2.45) is 15.2 Å². The third-order valence-electron chi connectivity index (χ3n) is 7.57. The van der Waals surface area contributed by atoms with E-state index in [0.717, 1.165) is 56.3 Å². The second-order valence-corrected chi connectivity index (χ2v) is 12.1. The third-order valence-corrected chi connectivity index (χ3v) is 8.78. The van der Waals surface area contributed by atoms with Crippen LogP contribution < -0.4 is 5.32 Å². The molecular weight excluding hydrogens is 463 g/mol. The molecule has 0 unspecified atom stereocenters. The summed E-state index contributed by atoms with van der Waals surface area (Å²) in [7, 11) is -3.69. The average molecular weight is 497 g/mol. The average Bonchev–Trinajstić information content (AvgIpc) is 3.39. The molecule has 8 heteroatoms. The van der Waals surface area contributed by atoms with Crippen molar-refractivity contribution in [2.45, 2.75) is 67.8 Å². The van der Waals surface area contributed by atoms with E-state index in [4.69, 9.17) is 0 Å². The van der Waals surface area contributed by atoms with Crippen LogP contribution in [0.5, 0.6) is 0 Å². The Morgan fingerprint density at radius 3 is 2.37 bits per heavy atom. The van der Waals surface area contributed by atoms with Gasteiger partial charge in [-0.25, -0.2) is 17.8 Å². The number of amidine groups is 1. The van der Waals surface area contributed by atoms with E-state index in [1.54, 1.807) is 6.07 Å². The molecule has 2 aromatic rings. The highest BCUT2D eigenvalue weighted by molar-refractivity contribution is 7.90. The fraction of sp³-hybridized carbons (Fsp3) is 0.519. The van der Waals surface area contributed by atoms with Gasteiger partial charge in [0, 0.05) is 18.2 Å². The summed E-state index contributed by atoms with van der Waals surface area (Å²) in [5.74, 6) is 0.837. The van der Waals surface area contributed by atoms with E-state index in [9.17, 15) is 8.42 Å². The van der Waals surface area contributed by atoms with Gasteiger partial charge in [-0.1, -0.05) is 55.7 Å². The van der Waals surface area contributed by atoms with Crippen molar-refractivity contribution in [1.29, 1.82) is 0 Å². The lowest BCUT2D eigenvalue weighted by Gasteiger charge is -2.30. The molecule has 1 saturated heterocycles. The molecule has 2 aliphatic heterocycles. The predicted octanol–water partition coefficient (Wildman–Crippen LogP) is 5.61. The van der Waals surface area contributed by atoms with Gasteiger partial charge in [0.1, 0.15) is 5.67 Å². The zero-order valence-electron chi connectivity index (χ0n) is 20.3. The lowest BCUT2D eigenvalue weighted by atomic mass is 9.81. The standard InChI is InChI=1S/C27H33FN4O2S/c1-35(33,34)25-22(17-27(28)13-3-2-4-14-27)9-10-23(24(25)26-30-18-31-32-26)21-7-5-19(6-8-21)20-11-15-29-16-12-20/h5-10,20,29H,2-4,11-18H2,1H3. The number of nitrogens with one attached hydrogen (secondary N) is 1. The minimum absolute atomic E-state index is 0.0851. The number of rotatable bonds is 6. The van der Waals surface area contributed by atoms with Gasteiger partial charge in [0.15, 0.2) is 22.3 Å². The van der Waals surface area contributed by atoms with Crippen LogP contribution in [0.1, 0.15) is 67.6 Å². The molecule has 1 aliphatic carbocycles. The summed E-state index contributed by atoms with van der Waals surface area (Å²) in [6, 6.07) is 12.1. The van der Waals surface area contributed by atoms with E-state index in [2.05, 4.69) is 32.7 Å². The Labute approximate surface area is 207 Å². The van der Waals surface area contributed by atoms with Crippen LogP contribution in [0.2, 0.25) is 0 Å². The van der Waals surface area contributed by atoms with E-state index in [1.165, 1.54) is 11.8 Å². The Morgan fingerprint density at radius 2 is 1.74 bits per heavy atom. The van der Waals surface area contributed by atoms with Gasteiger partial charge in [0.25, 0.3) is 0 Å². The van der Waals surface area contributed by atoms with Crippen LogP contribution in [-0.4, -0.2) is 45.9 Å². The Hall–Kier alpha value is -2.45. The zero-order valence-corrected chi connectivity index (χ0v) is 21.1. The number of nitrogens with zero attached hydrogens (tertiary/aromatic N) is 3. The predicted molar refractivity (Wildman–Crippen MR) is 137 cm³/mol. The first-order valence-electron chi connectivity index (χ1n) is 12.6. The molecule has 0 radical (unpaired) electrons. The first-order chi connectivity index (χ1) is 16.8. The van der Waals surface area contributed by atoms with Gasteiger partial charge in [-0.05, 0) is 66.9 Å². The molecule has 2 heterocycles. The summed E-state index contributed by atoms with van der Waals surface area (Å²) < 4.78 is 42.0. The SMILES string of the molecule is CS(=O)(=O)c1c(CC2(F)CCCCC2)ccc(-c2ccc(C3CCNCC3)cc2)c1C1=NCN=N1. The molecule has 0 spiro atoms. The van der Waals surface area contributed by atoms with Crippen molar-refractivity contribution in [1.82, 2.24) is 5.32 Å². The van der Waals surface area contributed by atoms with Crippen LogP contribution in [0.4, 0.5) is 4.39 Å². The number of hydrogen-bond donors (Lipinski definition) is 1. The van der Waals surface area contributed by atoms with E-state index >= 15 is 4.39 Å². The van der Waals surface area contributed by atoms with E-state index in [-0.39, 0.29) is 18.0 Å². The largest absolute Gasteiger partial charge is 0.317 e. The van der Waals surface area contributed by atoms with E-state index in [0.29, 0.717) is 35.7 Å². The molecule has 0 amide bonds. The number of alkyl halides is 1. The zero-order chi connectivity index (χ0) is 24.5. The lowest BCUT2D eigenvalue weighted by Crippen LogP contribution is -2.30. The van der Waals surface area contributed by atoms with E-state index in [1.807, 2.05) is 18.2 Å². The smallest absolute Gasteiger partial charge is 0.180 e. The highest BCUT2D eigenvalue weighted by Crippen LogP contribution is 2.40. The molecule has 1 saturated carbocycles. The summed E-state index contributed by atoms with van der Waals surface area (Å²) >= 11 is 0. The molecule has 35 heavy (non-hydrogen) atoms. The van der Waals surface area contributed by atoms with Crippen LogP contribution in [-0.2, 0) is 16.3 Å². The number of azo groups is 1. The summed E-state index contributed by atoms with van der Waals surface area (Å²) in [6.45, 7) is 2.22. The van der Waals surface area contributed by atoms with Gasteiger partial charge in [0.2, 0.25) is 0 Å². The molecule has 0 bridgehead atoms. The van der Waals surface area contributed by atoms with Gasteiger partial charge < -0.3 is 5.32 Å². The van der Waals surface area contributed by atoms with Crippen LogP contribution in [0, 0.1) is 0 Å². The minimum atomic E-state index is -3.69. The first kappa shape index (κ1) is 24.3. The Balaban J connectivity index is 1.61. The second kappa shape index (κ2) is 9.90. The monoisotopic (exact) mass is 496 g/mol. The quantitative estimate of drug-likeness (QED) is 0.564. The molecule has 6 nitrogen and oxygen atoms in total. The number of piperidine rings is 1. The molecule has 2 aromatic carbocycles. The third kappa shape index (κ3) is 5.23. The number of hydrogen-bond acceptors (Lipinski definition) is 6. The molecule has 2 fully saturated rings. The first-order valence-corrected chi connectivity index (χ1v) is 14.5. The molecule has 3 aliphatic rings. The van der Waals surface area contributed by atoms with Gasteiger partial charge in [-0.15, -0.1) is 5.11 Å². The Kier molecular flexibility index (Phi) is 6.86. The highest BCUT2D eigenvalue weighted by atomic mass is 32.2. The normalized spacial score (nSPS) is 20.7. The summed E-state index contributed by atoms with van der Waals surface area (Å²) in [4.78, 5) is 4.52. The van der Waals surface area contributed by atoms with Crippen LogP contribution >= 0.6 is 0 Å². The van der Waals surface area contributed by atoms with Crippen molar-refractivity contribution in [3.8, 4) is 11.1 Å². The van der Waals surface area contributed by atoms with Crippen LogP contribution in [0.25, 0.3) is 11.1 Å². The van der Waals surface area contributed by atoms with Gasteiger partial charge in [-0.3, -0.25) is 0 Å². The maximum Gasteiger partial charge on any atom is 0.180 e. The lowest BCUT2D eigenvalue weighted by molar-refractivity contribution is 0.107. The Bertz CT molecular complexity index is 1240. The molecule has 0 aromatic heterocycles. The van der Waals surface area contributed by atoms with Crippen molar-refractivity contribution >= 4 is 15.7 Å². The fourth-order valence-electron chi connectivity index (χ4n) is 5.80. The minimum Gasteiger partial charge on any atom is -0.317 e. The van der Waals surface area contributed by atoms with Crippen molar-refractivity contribution in [3.63, 3.8) is 0 Å². The van der Waals surface area contributed by atoms with Crippen molar-refractivity contribution in [2.75, 3.05) is 26.0 Å². The fourth-order valence-corrected chi connectivity index (χ4v) is 6.99. The number of aliphatic imine (C=N–C) groups is 1. The molecule has 5 rings (SSSR count). The Morgan fingerprint density at radius 1 is 1.03 bits per heavy atom. The van der Waals surface area contributed by atoms with Crippen LogP contribution in [0.3, 0.4) is 0 Å². The van der Waals surface area contributed by atoms with E-state index < -0.39 is 15.5 Å². The molecular formula is C27H33FN4O2S. The highest BCUT2D eigenvalue weighted by Gasteiger charge is 2.35. The summed E-state index contributed by atoms with van der Waals surface area (Å²) in [5, 5.41) is 11.6. The van der Waals surface area contributed by atoms with Crippen LogP contribution in [0.15, 0.2) is 56.5 Å². The van der Waals surface area contributed by atoms with Gasteiger partial charge in [-0.2, -0.15) is 5.11 Å². The van der Waals surface area contributed by atoms with Crippen molar-refractivity contribution < 1.29 is 12.8 Å². The number of halogens is 1. The molecule has 0 atom stereocenters. The molecule has 186 valence electrons. The maximum absolute atomic E-state index is 15.7. The second-order valence-electron chi connectivity index (χ2n) is 10.1. The van der Waals surface area contributed by atoms with Gasteiger partial charge in [0.05, 0.1) is 4.90 Å². The van der Waals surface area contributed by atoms with Crippen molar-refractivity contribution in [3.05, 3.63) is 53.1 Å². The van der Waals surface area contributed by atoms with Gasteiger partial charge >= 0.3 is 0 Å². The summed E-state index contributed by atoms with van der Waals surface area (Å²) in [6.07, 6.45) is 7.12. The number of sulfone groups is 1. The summed E-state index contributed by atoms with van der Waals surface area (Å²) in [5.41, 5.74) is 2.50. The molecule has 1 N–H and O–H groups in total. The number of benzene rings is 2. The topological polar surface area (TPSA) is 83.2 Å². The maximum atomic E-state index is 15.7.